The first-order chi connectivity index (χ1) is 11.4. The molecule has 0 bridgehead atoms. The van der Waals surface area contributed by atoms with Gasteiger partial charge in [0.2, 0.25) is 21.7 Å². The van der Waals surface area contributed by atoms with Crippen molar-refractivity contribution in [1.29, 1.82) is 0 Å². The number of aryl methyl sites for hydroxylation is 1. The van der Waals surface area contributed by atoms with E-state index in [1.807, 2.05) is 31.2 Å². The van der Waals surface area contributed by atoms with E-state index in [9.17, 15) is 8.42 Å². The Morgan fingerprint density at radius 1 is 1.12 bits per heavy atom. The van der Waals surface area contributed by atoms with Crippen molar-refractivity contribution >= 4 is 10.0 Å². The zero-order chi connectivity index (χ0) is 17.2. The van der Waals surface area contributed by atoms with Gasteiger partial charge in [-0.3, -0.25) is 0 Å². The molecule has 24 heavy (non-hydrogen) atoms. The van der Waals surface area contributed by atoms with E-state index in [0.717, 1.165) is 17.4 Å². The summed E-state index contributed by atoms with van der Waals surface area (Å²) in [6.45, 7) is 2.08. The number of nitrogens with zero attached hydrogens (tertiary/aromatic N) is 3. The van der Waals surface area contributed by atoms with Gasteiger partial charge in [0.15, 0.2) is 0 Å². The molecule has 0 saturated carbocycles. The Labute approximate surface area is 140 Å². The summed E-state index contributed by atoms with van der Waals surface area (Å²) in [5.41, 5.74) is 1.94. The molecule has 2 aromatic heterocycles. The summed E-state index contributed by atoms with van der Waals surface area (Å²) >= 11 is 0. The van der Waals surface area contributed by atoms with Crippen molar-refractivity contribution in [3.63, 3.8) is 0 Å². The van der Waals surface area contributed by atoms with Crippen molar-refractivity contribution in [2.45, 2.75) is 20.0 Å². The lowest BCUT2D eigenvalue weighted by Gasteiger charge is -2.16. The normalized spacial score (nSPS) is 12.0. The molecule has 0 N–H and O–H groups in total. The maximum absolute atomic E-state index is 12.0. The van der Waals surface area contributed by atoms with Crippen LogP contribution in [0.5, 0.6) is 0 Å². The van der Waals surface area contributed by atoms with Crippen LogP contribution in [-0.4, -0.2) is 29.1 Å². The Balaban J connectivity index is 1.79. The minimum Gasteiger partial charge on any atom is -0.468 e. The molecule has 0 spiro atoms. The van der Waals surface area contributed by atoms with Gasteiger partial charge in [0.1, 0.15) is 5.76 Å². The number of rotatable bonds is 6. The van der Waals surface area contributed by atoms with Crippen LogP contribution in [-0.2, 0) is 23.1 Å². The fourth-order valence-electron chi connectivity index (χ4n) is 2.16. The Morgan fingerprint density at radius 2 is 1.88 bits per heavy atom. The Hall–Kier alpha value is -2.45. The smallest absolute Gasteiger partial charge is 0.242 e. The van der Waals surface area contributed by atoms with Gasteiger partial charge in [-0.2, -0.15) is 9.29 Å². The number of aromatic nitrogens is 2. The molecule has 0 unspecified atom stereocenters. The van der Waals surface area contributed by atoms with Gasteiger partial charge in [-0.25, -0.2) is 8.42 Å². The molecule has 0 aliphatic carbocycles. The molecule has 0 atom stereocenters. The van der Waals surface area contributed by atoms with Crippen LogP contribution in [0.3, 0.4) is 0 Å². The Kier molecular flexibility index (Phi) is 4.50. The van der Waals surface area contributed by atoms with E-state index in [-0.39, 0.29) is 19.0 Å². The average molecular weight is 347 g/mol. The fraction of sp³-hybridized carbons (Fsp3) is 0.250. The number of hydrogen-bond donors (Lipinski definition) is 0. The highest BCUT2D eigenvalue weighted by Crippen LogP contribution is 2.18. The zero-order valence-corrected chi connectivity index (χ0v) is 14.2. The second-order valence-corrected chi connectivity index (χ2v) is 7.47. The van der Waals surface area contributed by atoms with Crippen LogP contribution in [0.4, 0.5) is 0 Å². The molecule has 7 nitrogen and oxygen atoms in total. The van der Waals surface area contributed by atoms with Gasteiger partial charge in [-0.15, -0.1) is 0 Å². The van der Waals surface area contributed by atoms with Crippen molar-refractivity contribution in [1.82, 2.24) is 14.4 Å². The van der Waals surface area contributed by atoms with E-state index in [4.69, 9.17) is 8.94 Å². The second-order valence-electron chi connectivity index (χ2n) is 5.49. The van der Waals surface area contributed by atoms with E-state index in [1.54, 1.807) is 12.1 Å². The van der Waals surface area contributed by atoms with Crippen LogP contribution in [0.1, 0.15) is 17.2 Å². The lowest BCUT2D eigenvalue weighted by Crippen LogP contribution is -2.29. The van der Waals surface area contributed by atoms with Crippen LogP contribution in [0.2, 0.25) is 0 Å². The van der Waals surface area contributed by atoms with E-state index in [2.05, 4.69) is 10.1 Å². The van der Waals surface area contributed by atoms with Crippen LogP contribution in [0, 0.1) is 6.92 Å². The third kappa shape index (κ3) is 3.90. The van der Waals surface area contributed by atoms with Gasteiger partial charge < -0.3 is 8.94 Å². The largest absolute Gasteiger partial charge is 0.468 e. The molecule has 0 aliphatic heterocycles. The number of benzene rings is 1. The number of furan rings is 1. The quantitative estimate of drug-likeness (QED) is 0.681. The van der Waals surface area contributed by atoms with Gasteiger partial charge in [-0.1, -0.05) is 35.0 Å². The molecule has 1 aromatic carbocycles. The van der Waals surface area contributed by atoms with Crippen LogP contribution < -0.4 is 0 Å². The highest BCUT2D eigenvalue weighted by molar-refractivity contribution is 7.88. The van der Waals surface area contributed by atoms with Gasteiger partial charge in [0.25, 0.3) is 0 Å². The average Bonchev–Trinajstić information content (AvgIpc) is 3.18. The first kappa shape index (κ1) is 16.4. The Bertz CT molecular complexity index is 899. The van der Waals surface area contributed by atoms with Gasteiger partial charge >= 0.3 is 0 Å². The van der Waals surface area contributed by atoms with E-state index < -0.39 is 10.0 Å². The predicted octanol–water partition coefficient (Wildman–Crippen LogP) is 2.60. The number of hydrogen-bond acceptors (Lipinski definition) is 6. The minimum atomic E-state index is -3.45. The lowest BCUT2D eigenvalue weighted by atomic mass is 10.1. The molecule has 0 fully saturated rings. The molecule has 3 rings (SSSR count). The molecule has 0 aliphatic rings. The maximum Gasteiger partial charge on any atom is 0.242 e. The van der Waals surface area contributed by atoms with Crippen molar-refractivity contribution in [2.75, 3.05) is 6.26 Å². The standard InChI is InChI=1S/C16H17N3O4S/c1-12-5-7-13(8-6-12)16-17-15(23-18-16)11-19(24(2,20)21)10-14-4-3-9-22-14/h3-9H,10-11H2,1-2H3. The van der Waals surface area contributed by atoms with Crippen LogP contribution in [0.15, 0.2) is 51.6 Å². The molecule has 0 radical (unpaired) electrons. The molecule has 3 aromatic rings. The lowest BCUT2D eigenvalue weighted by molar-refractivity contribution is 0.299. The molecule has 0 saturated heterocycles. The molecule has 126 valence electrons. The van der Waals surface area contributed by atoms with Crippen molar-refractivity contribution in [3.05, 3.63) is 59.9 Å². The van der Waals surface area contributed by atoms with E-state index >= 15 is 0 Å². The summed E-state index contributed by atoms with van der Waals surface area (Å²) in [7, 11) is -3.45. The third-order valence-electron chi connectivity index (χ3n) is 3.47. The first-order valence-corrected chi connectivity index (χ1v) is 9.14. The van der Waals surface area contributed by atoms with Crippen molar-refractivity contribution in [2.24, 2.45) is 0 Å². The highest BCUT2D eigenvalue weighted by Gasteiger charge is 2.22. The summed E-state index contributed by atoms with van der Waals surface area (Å²) in [6.07, 6.45) is 2.63. The molecule has 0 amide bonds. The Morgan fingerprint density at radius 3 is 2.50 bits per heavy atom. The minimum absolute atomic E-state index is 0.0155. The summed E-state index contributed by atoms with van der Waals surface area (Å²) in [5, 5.41) is 3.92. The predicted molar refractivity (Wildman–Crippen MR) is 87.3 cm³/mol. The molecular formula is C16H17N3O4S. The molecule has 8 heteroatoms. The van der Waals surface area contributed by atoms with E-state index in [1.165, 1.54) is 10.6 Å². The molecule has 2 heterocycles. The maximum atomic E-state index is 12.0. The van der Waals surface area contributed by atoms with Gasteiger partial charge in [0, 0.05) is 5.56 Å². The summed E-state index contributed by atoms with van der Waals surface area (Å²) < 4.78 is 35.6. The summed E-state index contributed by atoms with van der Waals surface area (Å²) in [4.78, 5) is 4.28. The van der Waals surface area contributed by atoms with Gasteiger partial charge in [0.05, 0.1) is 25.6 Å². The van der Waals surface area contributed by atoms with Gasteiger partial charge in [-0.05, 0) is 19.1 Å². The second kappa shape index (κ2) is 6.58. The third-order valence-corrected chi connectivity index (χ3v) is 4.67. The monoisotopic (exact) mass is 347 g/mol. The first-order valence-electron chi connectivity index (χ1n) is 7.29. The highest BCUT2D eigenvalue weighted by atomic mass is 32.2. The number of sulfonamides is 1. The SMILES string of the molecule is Cc1ccc(-c2noc(CN(Cc3ccco3)S(C)(=O)=O)n2)cc1. The van der Waals surface area contributed by atoms with Crippen LogP contribution in [0.25, 0.3) is 11.4 Å². The van der Waals surface area contributed by atoms with E-state index in [0.29, 0.717) is 11.6 Å². The summed E-state index contributed by atoms with van der Waals surface area (Å²) in [5.74, 6) is 1.19. The zero-order valence-electron chi connectivity index (χ0n) is 13.3. The van der Waals surface area contributed by atoms with Crippen molar-refractivity contribution < 1.29 is 17.4 Å². The van der Waals surface area contributed by atoms with Crippen LogP contribution >= 0.6 is 0 Å². The topological polar surface area (TPSA) is 89.4 Å². The molecular weight excluding hydrogens is 330 g/mol. The summed E-state index contributed by atoms with van der Waals surface area (Å²) in [6, 6.07) is 11.1. The van der Waals surface area contributed by atoms with Crippen molar-refractivity contribution in [3.8, 4) is 11.4 Å². The fourth-order valence-corrected chi connectivity index (χ4v) is 2.86.